The van der Waals surface area contributed by atoms with E-state index in [0.717, 1.165) is 11.1 Å². The van der Waals surface area contributed by atoms with E-state index in [1.165, 1.54) is 6.07 Å². The Morgan fingerprint density at radius 3 is 2.71 bits per heavy atom. The van der Waals surface area contributed by atoms with Gasteiger partial charge in [-0.1, -0.05) is 24.3 Å². The second-order valence-electron chi connectivity index (χ2n) is 4.85. The van der Waals surface area contributed by atoms with Crippen molar-refractivity contribution in [2.75, 3.05) is 12.4 Å². The zero-order chi connectivity index (χ0) is 15.2. The summed E-state index contributed by atoms with van der Waals surface area (Å²) in [5.41, 5.74) is 3.64. The van der Waals surface area contributed by atoms with Crippen LogP contribution < -0.4 is 5.32 Å². The summed E-state index contributed by atoms with van der Waals surface area (Å²) in [5, 5.41) is 12.1. The number of benzene rings is 2. The molecule has 0 spiro atoms. The van der Waals surface area contributed by atoms with Crippen molar-refractivity contribution in [1.82, 2.24) is 0 Å². The largest absolute Gasteiger partial charge is 0.381 e. The molecular formula is C17H17FN2O. The van der Waals surface area contributed by atoms with E-state index in [1.54, 1.807) is 20.1 Å². The van der Waals surface area contributed by atoms with Crippen molar-refractivity contribution in [3.63, 3.8) is 0 Å². The van der Waals surface area contributed by atoms with Crippen LogP contribution in [0.5, 0.6) is 0 Å². The molecule has 0 atom stereocenters. The molecule has 21 heavy (non-hydrogen) atoms. The summed E-state index contributed by atoms with van der Waals surface area (Å²) in [7, 11) is 1.66. The molecule has 4 heteroatoms. The van der Waals surface area contributed by atoms with E-state index in [1.807, 2.05) is 30.3 Å². The summed E-state index contributed by atoms with van der Waals surface area (Å²) < 4.78 is 18.8. The molecule has 108 valence electrons. The first-order valence-electron chi connectivity index (χ1n) is 6.65. The van der Waals surface area contributed by atoms with Crippen molar-refractivity contribution < 1.29 is 9.13 Å². The summed E-state index contributed by atoms with van der Waals surface area (Å²) in [6, 6.07) is 12.9. The molecule has 0 aromatic heterocycles. The normalized spacial score (nSPS) is 10.2. The van der Waals surface area contributed by atoms with E-state index in [-0.39, 0.29) is 5.82 Å². The second-order valence-corrected chi connectivity index (χ2v) is 4.85. The number of hydrogen-bond acceptors (Lipinski definition) is 3. The van der Waals surface area contributed by atoms with Crippen LogP contribution in [0.4, 0.5) is 10.1 Å². The summed E-state index contributed by atoms with van der Waals surface area (Å²) in [6.45, 7) is 2.82. The molecule has 0 saturated heterocycles. The highest BCUT2D eigenvalue weighted by Crippen LogP contribution is 2.21. The van der Waals surface area contributed by atoms with Gasteiger partial charge in [-0.2, -0.15) is 5.26 Å². The average Bonchev–Trinajstić information content (AvgIpc) is 2.49. The monoisotopic (exact) mass is 284 g/mol. The first-order valence-corrected chi connectivity index (χ1v) is 6.65. The first kappa shape index (κ1) is 15.0. The standard InChI is InChI=1S/C17H17FN2O/c1-12-16(18)7-15(9-19)8-17(12)20-10-13-4-3-5-14(6-13)11-21-2/h3-8,20H,10-11H2,1-2H3. The van der Waals surface area contributed by atoms with Gasteiger partial charge in [-0.15, -0.1) is 0 Å². The fourth-order valence-electron chi connectivity index (χ4n) is 2.12. The SMILES string of the molecule is COCc1cccc(CNc2cc(C#N)cc(F)c2C)c1. The molecule has 0 heterocycles. The van der Waals surface area contributed by atoms with Gasteiger partial charge < -0.3 is 10.1 Å². The fraction of sp³-hybridized carbons (Fsp3) is 0.235. The number of ether oxygens (including phenoxy) is 1. The van der Waals surface area contributed by atoms with Crippen molar-refractivity contribution >= 4 is 5.69 Å². The highest BCUT2D eigenvalue weighted by molar-refractivity contribution is 5.56. The Balaban J connectivity index is 2.15. The fourth-order valence-corrected chi connectivity index (χ4v) is 2.12. The maximum Gasteiger partial charge on any atom is 0.129 e. The molecule has 0 bridgehead atoms. The van der Waals surface area contributed by atoms with Gasteiger partial charge in [0.25, 0.3) is 0 Å². The average molecular weight is 284 g/mol. The van der Waals surface area contributed by atoms with Crippen molar-refractivity contribution in [3.8, 4) is 6.07 Å². The number of rotatable bonds is 5. The van der Waals surface area contributed by atoms with Gasteiger partial charge in [-0.25, -0.2) is 4.39 Å². The van der Waals surface area contributed by atoms with E-state index in [2.05, 4.69) is 5.32 Å². The topological polar surface area (TPSA) is 45.0 Å². The molecule has 0 radical (unpaired) electrons. The number of nitrogens with zero attached hydrogens (tertiary/aromatic N) is 1. The minimum absolute atomic E-state index is 0.314. The predicted molar refractivity (Wildman–Crippen MR) is 80.3 cm³/mol. The minimum Gasteiger partial charge on any atom is -0.381 e. The van der Waals surface area contributed by atoms with Crippen LogP contribution in [-0.4, -0.2) is 7.11 Å². The Labute approximate surface area is 124 Å². The van der Waals surface area contributed by atoms with Crippen LogP contribution in [0.25, 0.3) is 0 Å². The number of halogens is 1. The van der Waals surface area contributed by atoms with Crippen LogP contribution in [0.1, 0.15) is 22.3 Å². The van der Waals surface area contributed by atoms with Crippen molar-refractivity contribution in [3.05, 3.63) is 64.5 Å². The third-order valence-corrected chi connectivity index (χ3v) is 3.26. The van der Waals surface area contributed by atoms with Crippen LogP contribution in [0.15, 0.2) is 36.4 Å². The van der Waals surface area contributed by atoms with Crippen molar-refractivity contribution in [1.29, 1.82) is 5.26 Å². The lowest BCUT2D eigenvalue weighted by atomic mass is 10.1. The Hall–Kier alpha value is -2.38. The predicted octanol–water partition coefficient (Wildman–Crippen LogP) is 3.76. The van der Waals surface area contributed by atoms with Crippen LogP contribution in [-0.2, 0) is 17.9 Å². The molecule has 1 N–H and O–H groups in total. The number of nitriles is 1. The molecule has 3 nitrogen and oxygen atoms in total. The number of hydrogen-bond donors (Lipinski definition) is 1. The summed E-state index contributed by atoms with van der Waals surface area (Å²) in [4.78, 5) is 0. The minimum atomic E-state index is -0.371. The smallest absolute Gasteiger partial charge is 0.129 e. The van der Waals surface area contributed by atoms with E-state index in [4.69, 9.17) is 10.00 Å². The highest BCUT2D eigenvalue weighted by Gasteiger charge is 2.07. The Bertz CT molecular complexity index is 677. The van der Waals surface area contributed by atoms with Gasteiger partial charge in [0, 0.05) is 24.9 Å². The first-order chi connectivity index (χ1) is 10.1. The summed E-state index contributed by atoms with van der Waals surface area (Å²) in [6.07, 6.45) is 0. The molecule has 0 aliphatic rings. The van der Waals surface area contributed by atoms with Crippen molar-refractivity contribution in [2.24, 2.45) is 0 Å². The van der Waals surface area contributed by atoms with Crippen LogP contribution in [0.2, 0.25) is 0 Å². The zero-order valence-electron chi connectivity index (χ0n) is 12.1. The molecule has 2 aromatic rings. The highest BCUT2D eigenvalue weighted by atomic mass is 19.1. The third kappa shape index (κ3) is 3.80. The molecule has 2 aromatic carbocycles. The van der Waals surface area contributed by atoms with E-state index < -0.39 is 0 Å². The second kappa shape index (κ2) is 6.87. The van der Waals surface area contributed by atoms with E-state index >= 15 is 0 Å². The molecule has 2 rings (SSSR count). The molecular weight excluding hydrogens is 267 g/mol. The van der Waals surface area contributed by atoms with Gasteiger partial charge in [-0.05, 0) is 30.2 Å². The van der Waals surface area contributed by atoms with E-state index in [0.29, 0.717) is 30.0 Å². The molecule has 0 unspecified atom stereocenters. The molecule has 0 aliphatic carbocycles. The maximum absolute atomic E-state index is 13.7. The maximum atomic E-state index is 13.7. The lowest BCUT2D eigenvalue weighted by Gasteiger charge is -2.11. The lowest BCUT2D eigenvalue weighted by Crippen LogP contribution is -2.03. The van der Waals surface area contributed by atoms with Gasteiger partial charge in [0.05, 0.1) is 18.2 Å². The number of methoxy groups -OCH3 is 1. The molecule has 0 aliphatic heterocycles. The third-order valence-electron chi connectivity index (χ3n) is 3.26. The Morgan fingerprint density at radius 2 is 2.00 bits per heavy atom. The van der Waals surface area contributed by atoms with Gasteiger partial charge >= 0.3 is 0 Å². The Morgan fingerprint density at radius 1 is 1.24 bits per heavy atom. The molecule has 0 saturated carbocycles. The molecule has 0 amide bonds. The Kier molecular flexibility index (Phi) is 4.91. The van der Waals surface area contributed by atoms with Crippen LogP contribution >= 0.6 is 0 Å². The van der Waals surface area contributed by atoms with Gasteiger partial charge in [0.15, 0.2) is 0 Å². The lowest BCUT2D eigenvalue weighted by molar-refractivity contribution is 0.185. The van der Waals surface area contributed by atoms with Crippen LogP contribution in [0.3, 0.4) is 0 Å². The van der Waals surface area contributed by atoms with Crippen molar-refractivity contribution in [2.45, 2.75) is 20.1 Å². The quantitative estimate of drug-likeness (QED) is 0.909. The van der Waals surface area contributed by atoms with E-state index in [9.17, 15) is 4.39 Å². The van der Waals surface area contributed by atoms with Crippen LogP contribution in [0, 0.1) is 24.1 Å². The van der Waals surface area contributed by atoms with Gasteiger partial charge in [0.2, 0.25) is 0 Å². The number of nitrogens with one attached hydrogen (secondary N) is 1. The molecule has 0 fully saturated rings. The summed E-state index contributed by atoms with van der Waals surface area (Å²) >= 11 is 0. The summed E-state index contributed by atoms with van der Waals surface area (Å²) in [5.74, 6) is -0.371. The van der Waals surface area contributed by atoms with Gasteiger partial charge in [-0.3, -0.25) is 0 Å². The van der Waals surface area contributed by atoms with Gasteiger partial charge in [0.1, 0.15) is 5.82 Å². The number of anilines is 1. The zero-order valence-corrected chi connectivity index (χ0v) is 12.1.